The third-order valence-corrected chi connectivity index (χ3v) is 6.02. The largest absolute Gasteiger partial charge is 0.417 e. The topological polar surface area (TPSA) is 53.5 Å². The number of aromatic nitrogens is 1. The number of sulfonamides is 1. The molecule has 0 atom stereocenters. The van der Waals surface area contributed by atoms with Crippen molar-refractivity contribution in [2.45, 2.75) is 11.1 Å². The zero-order valence-corrected chi connectivity index (χ0v) is 14.3. The number of nitrogens with zero attached hydrogens (tertiary/aromatic N) is 3. The molecule has 10 heteroatoms. The summed E-state index contributed by atoms with van der Waals surface area (Å²) in [6, 6.07) is 6.76. The van der Waals surface area contributed by atoms with Crippen LogP contribution in [0, 0.1) is 5.82 Å². The molecule has 1 aromatic heterocycles. The van der Waals surface area contributed by atoms with Crippen molar-refractivity contribution in [2.24, 2.45) is 0 Å². The summed E-state index contributed by atoms with van der Waals surface area (Å²) in [4.78, 5) is 4.94. The van der Waals surface area contributed by atoms with Crippen LogP contribution in [0.2, 0.25) is 0 Å². The van der Waals surface area contributed by atoms with Crippen molar-refractivity contribution in [2.75, 3.05) is 31.1 Å². The number of halogens is 4. The summed E-state index contributed by atoms with van der Waals surface area (Å²) in [5, 5.41) is 0. The molecule has 1 saturated heterocycles. The van der Waals surface area contributed by atoms with Gasteiger partial charge < -0.3 is 4.90 Å². The molecule has 26 heavy (non-hydrogen) atoms. The first kappa shape index (κ1) is 18.6. The second-order valence-corrected chi connectivity index (χ2v) is 7.62. The van der Waals surface area contributed by atoms with Crippen molar-refractivity contribution in [3.05, 3.63) is 54.0 Å². The predicted octanol–water partition coefficient (Wildman–Crippen LogP) is 2.75. The zero-order chi connectivity index (χ0) is 18.9. The fourth-order valence-electron chi connectivity index (χ4n) is 2.78. The number of hydrogen-bond donors (Lipinski definition) is 0. The predicted molar refractivity (Wildman–Crippen MR) is 86.6 cm³/mol. The third-order valence-electron chi connectivity index (χ3n) is 4.08. The molecule has 0 unspecified atom stereocenters. The number of alkyl halides is 3. The maximum Gasteiger partial charge on any atom is 0.417 e. The molecule has 0 radical (unpaired) electrons. The van der Waals surface area contributed by atoms with E-state index < -0.39 is 32.5 Å². The molecule has 1 aromatic carbocycles. The molecule has 2 heterocycles. The van der Waals surface area contributed by atoms with E-state index in [1.165, 1.54) is 0 Å². The maximum atomic E-state index is 13.4. The van der Waals surface area contributed by atoms with Crippen LogP contribution >= 0.6 is 0 Å². The number of benzene rings is 1. The molecular weight excluding hydrogens is 374 g/mol. The summed E-state index contributed by atoms with van der Waals surface area (Å²) < 4.78 is 79.2. The van der Waals surface area contributed by atoms with Crippen LogP contribution < -0.4 is 4.90 Å². The molecule has 3 rings (SSSR count). The summed E-state index contributed by atoms with van der Waals surface area (Å²) >= 11 is 0. The molecule has 2 aromatic rings. The summed E-state index contributed by atoms with van der Waals surface area (Å²) in [5.41, 5.74) is -1.37. The van der Waals surface area contributed by atoms with E-state index in [1.54, 1.807) is 24.4 Å². The molecule has 0 amide bonds. The highest BCUT2D eigenvalue weighted by molar-refractivity contribution is 7.89. The lowest BCUT2D eigenvalue weighted by atomic mass is 10.2. The van der Waals surface area contributed by atoms with Gasteiger partial charge in [0.25, 0.3) is 0 Å². The van der Waals surface area contributed by atoms with Gasteiger partial charge in [0.15, 0.2) is 0 Å². The monoisotopic (exact) mass is 389 g/mol. The van der Waals surface area contributed by atoms with Gasteiger partial charge >= 0.3 is 6.18 Å². The highest BCUT2D eigenvalue weighted by atomic mass is 32.2. The molecule has 0 N–H and O–H groups in total. The molecule has 1 fully saturated rings. The van der Waals surface area contributed by atoms with E-state index in [4.69, 9.17) is 0 Å². The first-order valence-electron chi connectivity index (χ1n) is 7.72. The van der Waals surface area contributed by atoms with E-state index in [9.17, 15) is 26.0 Å². The standard InChI is InChI=1S/C16H15F4N3O2S/c17-12-4-5-13(16(18,19)20)14(11-12)26(24,25)23-9-7-22(8-10-23)15-3-1-2-6-21-15/h1-6,11H,7-10H2. The first-order valence-corrected chi connectivity index (χ1v) is 9.16. The Labute approximate surface area is 147 Å². The van der Waals surface area contributed by atoms with Gasteiger partial charge in [0, 0.05) is 32.4 Å². The lowest BCUT2D eigenvalue weighted by Gasteiger charge is -2.35. The van der Waals surface area contributed by atoms with Gasteiger partial charge in [-0.1, -0.05) is 6.07 Å². The Kier molecular flexibility index (Phi) is 4.89. The van der Waals surface area contributed by atoms with Gasteiger partial charge in [0.05, 0.1) is 10.5 Å². The normalized spacial score (nSPS) is 16.7. The van der Waals surface area contributed by atoms with E-state index >= 15 is 0 Å². The molecule has 0 spiro atoms. The fourth-order valence-corrected chi connectivity index (χ4v) is 4.43. The molecule has 1 aliphatic heterocycles. The molecule has 0 saturated carbocycles. The van der Waals surface area contributed by atoms with Crippen LogP contribution in [0.3, 0.4) is 0 Å². The van der Waals surface area contributed by atoms with Gasteiger partial charge in [-0.05, 0) is 30.3 Å². The lowest BCUT2D eigenvalue weighted by molar-refractivity contribution is -0.140. The molecule has 0 bridgehead atoms. The number of pyridine rings is 1. The van der Waals surface area contributed by atoms with Crippen LogP contribution in [0.4, 0.5) is 23.4 Å². The second-order valence-electron chi connectivity index (χ2n) is 5.72. The smallest absolute Gasteiger partial charge is 0.354 e. The van der Waals surface area contributed by atoms with Crippen molar-refractivity contribution >= 4 is 15.8 Å². The van der Waals surface area contributed by atoms with Gasteiger partial charge in [0.1, 0.15) is 11.6 Å². The highest BCUT2D eigenvalue weighted by Gasteiger charge is 2.40. The average Bonchev–Trinajstić information content (AvgIpc) is 2.61. The molecule has 5 nitrogen and oxygen atoms in total. The number of anilines is 1. The SMILES string of the molecule is O=S(=O)(c1cc(F)ccc1C(F)(F)F)N1CCN(c2ccccn2)CC1. The molecule has 140 valence electrons. The van der Waals surface area contributed by atoms with Crippen molar-refractivity contribution in [3.63, 3.8) is 0 Å². The van der Waals surface area contributed by atoms with E-state index in [2.05, 4.69) is 4.98 Å². The summed E-state index contributed by atoms with van der Waals surface area (Å²) in [5.74, 6) is -0.380. The van der Waals surface area contributed by atoms with E-state index in [1.807, 2.05) is 4.90 Å². The lowest BCUT2D eigenvalue weighted by Crippen LogP contribution is -2.49. The van der Waals surface area contributed by atoms with Crippen molar-refractivity contribution in [3.8, 4) is 0 Å². The summed E-state index contributed by atoms with van der Waals surface area (Å²) in [6.45, 7) is 0.499. The third kappa shape index (κ3) is 3.65. The first-order chi connectivity index (χ1) is 12.2. The molecule has 1 aliphatic rings. The number of rotatable bonds is 3. The fraction of sp³-hybridized carbons (Fsp3) is 0.312. The van der Waals surface area contributed by atoms with Crippen LogP contribution in [0.1, 0.15) is 5.56 Å². The van der Waals surface area contributed by atoms with Gasteiger partial charge in [-0.15, -0.1) is 0 Å². The minimum atomic E-state index is -4.90. The minimum absolute atomic E-state index is 0.0211. The van der Waals surface area contributed by atoms with Gasteiger partial charge in [-0.25, -0.2) is 17.8 Å². The zero-order valence-electron chi connectivity index (χ0n) is 13.4. The Balaban J connectivity index is 1.86. The maximum absolute atomic E-state index is 13.4. The summed E-state index contributed by atoms with van der Waals surface area (Å²) in [7, 11) is -4.48. The Hall–Kier alpha value is -2.20. The Morgan fingerprint density at radius 2 is 1.69 bits per heavy atom. The quantitative estimate of drug-likeness (QED) is 0.758. The van der Waals surface area contributed by atoms with Gasteiger partial charge in [0.2, 0.25) is 10.0 Å². The number of piperazine rings is 1. The number of hydrogen-bond acceptors (Lipinski definition) is 4. The van der Waals surface area contributed by atoms with E-state index in [-0.39, 0.29) is 26.2 Å². The van der Waals surface area contributed by atoms with Crippen LogP contribution in [0.25, 0.3) is 0 Å². The van der Waals surface area contributed by atoms with Gasteiger partial charge in [-0.3, -0.25) is 0 Å². The van der Waals surface area contributed by atoms with Crippen LogP contribution in [-0.2, 0) is 16.2 Å². The van der Waals surface area contributed by atoms with Crippen LogP contribution in [0.5, 0.6) is 0 Å². The molecule has 0 aliphatic carbocycles. The summed E-state index contributed by atoms with van der Waals surface area (Å²) in [6.07, 6.45) is -3.30. The Morgan fingerprint density at radius 3 is 2.27 bits per heavy atom. The highest BCUT2D eigenvalue weighted by Crippen LogP contribution is 2.36. The van der Waals surface area contributed by atoms with Gasteiger partial charge in [-0.2, -0.15) is 17.5 Å². The minimum Gasteiger partial charge on any atom is -0.354 e. The Bertz CT molecular complexity index is 880. The van der Waals surface area contributed by atoms with Crippen molar-refractivity contribution < 1.29 is 26.0 Å². The van der Waals surface area contributed by atoms with E-state index in [0.717, 1.165) is 4.31 Å². The Morgan fingerprint density at radius 1 is 1.00 bits per heavy atom. The van der Waals surface area contributed by atoms with Crippen molar-refractivity contribution in [1.82, 2.24) is 9.29 Å². The van der Waals surface area contributed by atoms with E-state index in [0.29, 0.717) is 24.0 Å². The second kappa shape index (κ2) is 6.84. The molecular formula is C16H15F4N3O2S. The average molecular weight is 389 g/mol. The van der Waals surface area contributed by atoms with Crippen LogP contribution in [-0.4, -0.2) is 43.9 Å². The van der Waals surface area contributed by atoms with Crippen LogP contribution in [0.15, 0.2) is 47.5 Å². The van der Waals surface area contributed by atoms with Crippen molar-refractivity contribution in [1.29, 1.82) is 0 Å².